The maximum atomic E-state index is 13.3. The van der Waals surface area contributed by atoms with E-state index in [9.17, 15) is 17.6 Å². The number of halogens is 1. The molecule has 2 rings (SSSR count). The molecule has 30 heavy (non-hydrogen) atoms. The lowest BCUT2D eigenvalue weighted by molar-refractivity contribution is 0.0730. The van der Waals surface area contributed by atoms with Crippen molar-refractivity contribution < 1.29 is 17.6 Å². The molecule has 0 saturated heterocycles. The summed E-state index contributed by atoms with van der Waals surface area (Å²) in [7, 11) is -1.97. The number of benzene rings is 1. The number of sulfonamides is 1. The highest BCUT2D eigenvalue weighted by Gasteiger charge is 2.27. The Morgan fingerprint density at radius 2 is 1.70 bits per heavy atom. The Bertz CT molecular complexity index is 935. The molecule has 8 heteroatoms. The number of rotatable bonds is 11. The number of nitrogens with zero attached hydrogens (tertiary/aromatic N) is 3. The molecule has 0 spiro atoms. The summed E-state index contributed by atoms with van der Waals surface area (Å²) >= 11 is 0. The number of hydrogen-bond donors (Lipinski definition) is 0. The summed E-state index contributed by atoms with van der Waals surface area (Å²) in [5, 5.41) is 0. The second-order valence-corrected chi connectivity index (χ2v) is 9.26. The van der Waals surface area contributed by atoms with Gasteiger partial charge in [-0.3, -0.25) is 4.79 Å². The molecule has 0 unspecified atom stereocenters. The molecule has 1 heterocycles. The van der Waals surface area contributed by atoms with Crippen LogP contribution in [0.1, 0.15) is 56.1 Å². The van der Waals surface area contributed by atoms with Gasteiger partial charge < -0.3 is 9.47 Å². The first-order valence-electron chi connectivity index (χ1n) is 10.4. The van der Waals surface area contributed by atoms with E-state index in [1.165, 1.54) is 28.7 Å². The molecule has 2 aromatic rings. The third kappa shape index (κ3) is 5.70. The molecule has 0 saturated carbocycles. The number of unbranched alkanes of at least 4 members (excludes halogenated alkanes) is 2. The Hall–Kier alpha value is -2.19. The van der Waals surface area contributed by atoms with Crippen LogP contribution in [0.5, 0.6) is 0 Å². The molecule has 0 aliphatic heterocycles. The fraction of sp³-hybridized carbons (Fsp3) is 0.500. The van der Waals surface area contributed by atoms with Crippen molar-refractivity contribution in [3.63, 3.8) is 0 Å². The van der Waals surface area contributed by atoms with E-state index in [4.69, 9.17) is 0 Å². The molecule has 0 aliphatic carbocycles. The number of aryl methyl sites for hydroxylation is 1. The van der Waals surface area contributed by atoms with E-state index < -0.39 is 10.0 Å². The van der Waals surface area contributed by atoms with Gasteiger partial charge in [-0.2, -0.15) is 4.31 Å². The predicted molar refractivity (Wildman–Crippen MR) is 116 cm³/mol. The van der Waals surface area contributed by atoms with Crippen LogP contribution in [0.15, 0.2) is 41.4 Å². The zero-order valence-corrected chi connectivity index (χ0v) is 19.1. The number of carbonyl (C=O) groups is 1. The van der Waals surface area contributed by atoms with Crippen LogP contribution in [0.4, 0.5) is 4.39 Å². The van der Waals surface area contributed by atoms with Crippen molar-refractivity contribution in [2.24, 2.45) is 7.05 Å². The molecule has 1 amide bonds. The highest BCUT2D eigenvalue weighted by atomic mass is 32.2. The lowest BCUT2D eigenvalue weighted by Gasteiger charge is -2.23. The van der Waals surface area contributed by atoms with Crippen LogP contribution in [-0.2, 0) is 23.6 Å². The summed E-state index contributed by atoms with van der Waals surface area (Å²) in [4.78, 5) is 15.1. The Morgan fingerprint density at radius 3 is 2.27 bits per heavy atom. The van der Waals surface area contributed by atoms with Gasteiger partial charge in [-0.15, -0.1) is 0 Å². The third-order valence-electron chi connectivity index (χ3n) is 5.15. The number of aromatic nitrogens is 1. The molecule has 1 aromatic carbocycles. The van der Waals surface area contributed by atoms with E-state index in [0.29, 0.717) is 31.9 Å². The van der Waals surface area contributed by atoms with Gasteiger partial charge in [0.05, 0.1) is 0 Å². The van der Waals surface area contributed by atoms with E-state index in [1.54, 1.807) is 42.5 Å². The highest BCUT2D eigenvalue weighted by Crippen LogP contribution is 2.20. The summed E-state index contributed by atoms with van der Waals surface area (Å²) < 4.78 is 41.9. The van der Waals surface area contributed by atoms with Crippen molar-refractivity contribution in [3.8, 4) is 0 Å². The molecule has 0 atom stereocenters. The zero-order chi connectivity index (χ0) is 22.3. The van der Waals surface area contributed by atoms with Gasteiger partial charge in [0.2, 0.25) is 10.0 Å². The normalized spacial score (nSPS) is 11.8. The maximum Gasteiger partial charge on any atom is 0.270 e. The Labute approximate surface area is 179 Å². The second-order valence-electron chi connectivity index (χ2n) is 7.32. The van der Waals surface area contributed by atoms with Gasteiger partial charge in [-0.1, -0.05) is 45.7 Å². The van der Waals surface area contributed by atoms with E-state index >= 15 is 0 Å². The SMILES string of the molecule is CCCCCN(Cc1ccc(F)cc1)C(=O)c1cc(S(=O)(=O)N(CC)CC)cn1C. The number of carbonyl (C=O) groups excluding carboxylic acids is 1. The first-order valence-corrected chi connectivity index (χ1v) is 11.9. The van der Waals surface area contributed by atoms with Crippen molar-refractivity contribution in [1.29, 1.82) is 0 Å². The average molecular weight is 438 g/mol. The lowest BCUT2D eigenvalue weighted by atomic mass is 10.1. The molecule has 6 nitrogen and oxygen atoms in total. The molecular formula is C22H32FN3O3S. The summed E-state index contributed by atoms with van der Waals surface area (Å²) in [6, 6.07) is 7.53. The van der Waals surface area contributed by atoms with E-state index in [1.807, 2.05) is 0 Å². The van der Waals surface area contributed by atoms with Crippen LogP contribution in [0.2, 0.25) is 0 Å². The standard InChI is InChI=1S/C22H32FN3O3S/c1-5-8-9-14-25(16-18-10-12-19(23)13-11-18)22(27)21-15-20(17-24(21)4)30(28,29)26(6-2)7-3/h10-13,15,17H,5-9,14,16H2,1-4H3. The third-order valence-corrected chi connectivity index (χ3v) is 7.16. The topological polar surface area (TPSA) is 62.6 Å². The molecule has 166 valence electrons. The Morgan fingerprint density at radius 1 is 1.07 bits per heavy atom. The van der Waals surface area contributed by atoms with E-state index in [0.717, 1.165) is 24.8 Å². The fourth-order valence-corrected chi connectivity index (χ4v) is 4.91. The predicted octanol–water partition coefficient (Wildman–Crippen LogP) is 4.03. The smallest absolute Gasteiger partial charge is 0.270 e. The summed E-state index contributed by atoms with van der Waals surface area (Å²) in [6.45, 7) is 7.28. The maximum absolute atomic E-state index is 13.3. The molecular weight excluding hydrogens is 405 g/mol. The second kappa shape index (κ2) is 10.7. The zero-order valence-electron chi connectivity index (χ0n) is 18.3. The van der Waals surface area contributed by atoms with Crippen LogP contribution < -0.4 is 0 Å². The average Bonchev–Trinajstić information content (AvgIpc) is 3.11. The molecule has 0 fully saturated rings. The van der Waals surface area contributed by atoms with Crippen molar-refractivity contribution in [1.82, 2.24) is 13.8 Å². The van der Waals surface area contributed by atoms with Crippen molar-refractivity contribution in [3.05, 3.63) is 53.6 Å². The number of amides is 1. The Balaban J connectivity index is 2.32. The number of hydrogen-bond acceptors (Lipinski definition) is 3. The van der Waals surface area contributed by atoms with Crippen LogP contribution >= 0.6 is 0 Å². The molecule has 0 N–H and O–H groups in total. The van der Waals surface area contributed by atoms with Crippen molar-refractivity contribution in [2.45, 2.75) is 51.5 Å². The molecule has 0 aliphatic rings. The molecule has 1 aromatic heterocycles. The van der Waals surface area contributed by atoms with E-state index in [-0.39, 0.29) is 16.6 Å². The summed E-state index contributed by atoms with van der Waals surface area (Å²) in [6.07, 6.45) is 4.35. The minimum Gasteiger partial charge on any atom is -0.345 e. The van der Waals surface area contributed by atoms with Gasteiger partial charge in [-0.25, -0.2) is 12.8 Å². The van der Waals surface area contributed by atoms with Gasteiger partial charge in [-0.05, 0) is 30.2 Å². The van der Waals surface area contributed by atoms with Crippen LogP contribution in [0.3, 0.4) is 0 Å². The monoisotopic (exact) mass is 437 g/mol. The Kier molecular flexibility index (Phi) is 8.61. The van der Waals surface area contributed by atoms with Gasteiger partial charge in [0, 0.05) is 39.4 Å². The van der Waals surface area contributed by atoms with Crippen LogP contribution in [-0.4, -0.2) is 47.7 Å². The minimum absolute atomic E-state index is 0.118. The quantitative estimate of drug-likeness (QED) is 0.499. The van der Waals surface area contributed by atoms with Crippen molar-refractivity contribution in [2.75, 3.05) is 19.6 Å². The lowest BCUT2D eigenvalue weighted by Crippen LogP contribution is -2.33. The van der Waals surface area contributed by atoms with Gasteiger partial charge in [0.25, 0.3) is 5.91 Å². The highest BCUT2D eigenvalue weighted by molar-refractivity contribution is 7.89. The van der Waals surface area contributed by atoms with Gasteiger partial charge in [0.15, 0.2) is 0 Å². The summed E-state index contributed by atoms with van der Waals surface area (Å²) in [5.74, 6) is -0.560. The minimum atomic E-state index is -3.65. The van der Waals surface area contributed by atoms with Gasteiger partial charge >= 0.3 is 0 Å². The largest absolute Gasteiger partial charge is 0.345 e. The molecule has 0 radical (unpaired) electrons. The fourth-order valence-electron chi connectivity index (χ4n) is 3.38. The van der Waals surface area contributed by atoms with Gasteiger partial charge in [0.1, 0.15) is 16.4 Å². The summed E-state index contributed by atoms with van der Waals surface area (Å²) in [5.41, 5.74) is 1.14. The van der Waals surface area contributed by atoms with E-state index in [2.05, 4.69) is 6.92 Å². The van der Waals surface area contributed by atoms with Crippen LogP contribution in [0, 0.1) is 5.82 Å². The van der Waals surface area contributed by atoms with Crippen molar-refractivity contribution >= 4 is 15.9 Å². The van der Waals surface area contributed by atoms with Crippen LogP contribution in [0.25, 0.3) is 0 Å². The first kappa shape index (κ1) is 24.1. The first-order chi connectivity index (χ1) is 14.2. The molecule has 0 bridgehead atoms.